The molecular weight excluding hydrogens is 364 g/mol. The maximum atomic E-state index is 12.7. The van der Waals surface area contributed by atoms with Crippen molar-refractivity contribution in [3.63, 3.8) is 0 Å². The molecule has 1 fully saturated rings. The van der Waals surface area contributed by atoms with Gasteiger partial charge >= 0.3 is 0 Å². The van der Waals surface area contributed by atoms with Gasteiger partial charge < -0.3 is 9.32 Å². The predicted octanol–water partition coefficient (Wildman–Crippen LogP) is 3.73. The fraction of sp³-hybridized carbons (Fsp3) is 0.300. The summed E-state index contributed by atoms with van der Waals surface area (Å²) in [4.78, 5) is 18.8. The van der Waals surface area contributed by atoms with Crippen molar-refractivity contribution in [2.45, 2.75) is 25.2 Å². The number of piperidine rings is 1. The number of aromatic nitrogens is 3. The van der Waals surface area contributed by atoms with Gasteiger partial charge in [0.2, 0.25) is 11.8 Å². The molecule has 3 heterocycles. The molecule has 0 spiro atoms. The van der Waals surface area contributed by atoms with E-state index >= 15 is 0 Å². The third-order valence-corrected chi connectivity index (χ3v) is 5.12. The van der Waals surface area contributed by atoms with E-state index in [-0.39, 0.29) is 11.8 Å². The smallest absolute Gasteiger partial charge is 0.266 e. The van der Waals surface area contributed by atoms with Gasteiger partial charge in [0.15, 0.2) is 0 Å². The molecule has 4 rings (SSSR count). The molecule has 0 bridgehead atoms. The summed E-state index contributed by atoms with van der Waals surface area (Å²) in [7, 11) is 0. The molecule has 0 saturated carbocycles. The van der Waals surface area contributed by atoms with Crippen LogP contribution in [0.3, 0.4) is 0 Å². The first-order valence-corrected chi connectivity index (χ1v) is 9.34. The van der Waals surface area contributed by atoms with Crippen molar-refractivity contribution in [3.05, 3.63) is 65.1 Å². The normalized spacial score (nSPS) is 17.1. The first-order valence-electron chi connectivity index (χ1n) is 8.96. The highest BCUT2D eigenvalue weighted by Gasteiger charge is 2.28. The van der Waals surface area contributed by atoms with Crippen LogP contribution in [0.2, 0.25) is 5.02 Å². The zero-order valence-corrected chi connectivity index (χ0v) is 15.5. The Kier molecular flexibility index (Phi) is 5.16. The first-order chi connectivity index (χ1) is 13.2. The number of hydrogen-bond acceptors (Lipinski definition) is 5. The average Bonchev–Trinajstić information content (AvgIpc) is 3.21. The van der Waals surface area contributed by atoms with Crippen LogP contribution < -0.4 is 0 Å². The Bertz CT molecular complexity index is 928. The minimum atomic E-state index is 0.0407. The zero-order valence-electron chi connectivity index (χ0n) is 14.7. The number of likely N-dealkylation sites (tertiary alicyclic amines) is 1. The highest BCUT2D eigenvalue weighted by atomic mass is 35.5. The molecule has 1 atom stereocenters. The summed E-state index contributed by atoms with van der Waals surface area (Å²) in [5.41, 5.74) is 1.50. The summed E-state index contributed by atoms with van der Waals surface area (Å²) in [5.74, 6) is 1.08. The molecule has 1 saturated heterocycles. The molecule has 6 nitrogen and oxygen atoms in total. The first kappa shape index (κ1) is 17.7. The molecule has 138 valence electrons. The number of carbonyl (C=O) groups excluding carboxylic acids is 1. The molecule has 0 aliphatic carbocycles. The maximum absolute atomic E-state index is 12.7. The second kappa shape index (κ2) is 7.88. The summed E-state index contributed by atoms with van der Waals surface area (Å²) in [6.45, 7) is 1.31. The van der Waals surface area contributed by atoms with Gasteiger partial charge in [-0.25, -0.2) is 0 Å². The topological polar surface area (TPSA) is 72.1 Å². The largest absolute Gasteiger partial charge is 0.419 e. The molecule has 7 heteroatoms. The van der Waals surface area contributed by atoms with Gasteiger partial charge in [0, 0.05) is 24.3 Å². The van der Waals surface area contributed by atoms with Crippen LogP contribution in [0.15, 0.2) is 53.1 Å². The number of carbonyl (C=O) groups is 1. The fourth-order valence-electron chi connectivity index (χ4n) is 3.31. The Labute approximate surface area is 162 Å². The molecule has 1 aromatic carbocycles. The summed E-state index contributed by atoms with van der Waals surface area (Å²) < 4.78 is 5.83. The van der Waals surface area contributed by atoms with Crippen molar-refractivity contribution in [2.75, 3.05) is 13.1 Å². The van der Waals surface area contributed by atoms with Gasteiger partial charge in [-0.15, -0.1) is 10.2 Å². The number of pyridine rings is 1. The molecule has 0 N–H and O–H groups in total. The molecule has 1 aliphatic rings. The van der Waals surface area contributed by atoms with Crippen LogP contribution in [-0.4, -0.2) is 39.1 Å². The molecule has 1 unspecified atom stereocenters. The van der Waals surface area contributed by atoms with E-state index in [4.69, 9.17) is 16.0 Å². The van der Waals surface area contributed by atoms with Crippen molar-refractivity contribution in [2.24, 2.45) is 0 Å². The Balaban J connectivity index is 1.45. The highest BCUT2D eigenvalue weighted by molar-refractivity contribution is 6.31. The second-order valence-electron chi connectivity index (χ2n) is 6.61. The molecule has 3 aromatic rings. The standard InChI is InChI=1S/C20H19ClN4O2/c21-16-8-2-1-6-14(16)12-18(26)25-11-5-7-15(13-25)19-23-24-20(27-19)17-9-3-4-10-22-17/h1-4,6,8-10,15H,5,7,11-13H2. The van der Waals surface area contributed by atoms with Crippen molar-refractivity contribution >= 4 is 17.5 Å². The lowest BCUT2D eigenvalue weighted by Crippen LogP contribution is -2.40. The van der Waals surface area contributed by atoms with Gasteiger partial charge in [0.05, 0.1) is 12.3 Å². The van der Waals surface area contributed by atoms with Crippen LogP contribution >= 0.6 is 11.6 Å². The number of benzene rings is 1. The molecule has 1 amide bonds. The number of rotatable bonds is 4. The van der Waals surface area contributed by atoms with Crippen LogP contribution in [0.1, 0.15) is 30.2 Å². The van der Waals surface area contributed by atoms with Gasteiger partial charge in [0.1, 0.15) is 5.69 Å². The van der Waals surface area contributed by atoms with E-state index in [1.54, 1.807) is 12.3 Å². The SMILES string of the molecule is O=C(Cc1ccccc1Cl)N1CCCC(c2nnc(-c3ccccn3)o2)C1. The highest BCUT2D eigenvalue weighted by Crippen LogP contribution is 2.28. The van der Waals surface area contributed by atoms with Crippen LogP contribution in [-0.2, 0) is 11.2 Å². The van der Waals surface area contributed by atoms with Crippen molar-refractivity contribution in [3.8, 4) is 11.6 Å². The van der Waals surface area contributed by atoms with Gasteiger partial charge in [-0.3, -0.25) is 9.78 Å². The molecule has 27 heavy (non-hydrogen) atoms. The number of amides is 1. The minimum absolute atomic E-state index is 0.0407. The van der Waals surface area contributed by atoms with Crippen molar-refractivity contribution in [1.82, 2.24) is 20.1 Å². The second-order valence-corrected chi connectivity index (χ2v) is 7.01. The van der Waals surface area contributed by atoms with Crippen LogP contribution in [0.5, 0.6) is 0 Å². The summed E-state index contributed by atoms with van der Waals surface area (Å²) >= 11 is 6.18. The predicted molar refractivity (Wildman–Crippen MR) is 101 cm³/mol. The van der Waals surface area contributed by atoms with E-state index in [9.17, 15) is 4.79 Å². The Hall–Kier alpha value is -2.73. The summed E-state index contributed by atoms with van der Waals surface area (Å²) in [5, 5.41) is 8.92. The van der Waals surface area contributed by atoms with E-state index in [2.05, 4.69) is 15.2 Å². The van der Waals surface area contributed by atoms with E-state index in [1.165, 1.54) is 0 Å². The third-order valence-electron chi connectivity index (χ3n) is 4.75. The molecular formula is C20H19ClN4O2. The zero-order chi connectivity index (χ0) is 18.6. The lowest BCUT2D eigenvalue weighted by atomic mass is 9.97. The van der Waals surface area contributed by atoms with Gasteiger partial charge in [-0.1, -0.05) is 35.9 Å². The molecule has 0 radical (unpaired) electrons. The van der Waals surface area contributed by atoms with Crippen LogP contribution in [0.4, 0.5) is 0 Å². The Morgan fingerprint density at radius 1 is 1.19 bits per heavy atom. The average molecular weight is 383 g/mol. The van der Waals surface area contributed by atoms with Crippen molar-refractivity contribution < 1.29 is 9.21 Å². The van der Waals surface area contributed by atoms with Crippen molar-refractivity contribution in [1.29, 1.82) is 0 Å². The number of halogens is 1. The lowest BCUT2D eigenvalue weighted by molar-refractivity contribution is -0.131. The van der Waals surface area contributed by atoms with E-state index in [0.717, 1.165) is 24.9 Å². The quantitative estimate of drug-likeness (QED) is 0.687. The molecule has 1 aliphatic heterocycles. The van der Waals surface area contributed by atoms with E-state index in [1.807, 2.05) is 41.3 Å². The van der Waals surface area contributed by atoms with Crippen LogP contribution in [0.25, 0.3) is 11.6 Å². The van der Waals surface area contributed by atoms with Gasteiger partial charge in [-0.05, 0) is 36.6 Å². The summed E-state index contributed by atoms with van der Waals surface area (Å²) in [6, 6.07) is 13.0. The maximum Gasteiger partial charge on any atom is 0.266 e. The lowest BCUT2D eigenvalue weighted by Gasteiger charge is -2.31. The van der Waals surface area contributed by atoms with E-state index < -0.39 is 0 Å². The fourth-order valence-corrected chi connectivity index (χ4v) is 3.52. The monoisotopic (exact) mass is 382 g/mol. The Morgan fingerprint density at radius 2 is 2.04 bits per heavy atom. The summed E-state index contributed by atoms with van der Waals surface area (Å²) in [6.07, 6.45) is 3.81. The minimum Gasteiger partial charge on any atom is -0.419 e. The van der Waals surface area contributed by atoms with Gasteiger partial charge in [0.25, 0.3) is 5.89 Å². The number of nitrogens with zero attached hydrogens (tertiary/aromatic N) is 4. The third kappa shape index (κ3) is 4.01. The van der Waals surface area contributed by atoms with E-state index in [0.29, 0.717) is 35.5 Å². The van der Waals surface area contributed by atoms with Gasteiger partial charge in [-0.2, -0.15) is 0 Å². The Morgan fingerprint density at radius 3 is 2.85 bits per heavy atom. The van der Waals surface area contributed by atoms with Crippen LogP contribution in [0, 0.1) is 0 Å². The number of hydrogen-bond donors (Lipinski definition) is 0. The molecule has 2 aromatic heterocycles.